The summed E-state index contributed by atoms with van der Waals surface area (Å²) in [5, 5.41) is 10.7. The van der Waals surface area contributed by atoms with Gasteiger partial charge >= 0.3 is 5.97 Å². The summed E-state index contributed by atoms with van der Waals surface area (Å²) in [5.74, 6) is -0.968. The molecule has 0 unspecified atom stereocenters. The van der Waals surface area contributed by atoms with Gasteiger partial charge in [0.25, 0.3) is 0 Å². The predicted octanol–water partition coefficient (Wildman–Crippen LogP) is 6.01. The zero-order chi connectivity index (χ0) is 21.4. The molecule has 29 heavy (non-hydrogen) atoms. The van der Waals surface area contributed by atoms with Crippen molar-refractivity contribution in [1.29, 1.82) is 0 Å². The summed E-state index contributed by atoms with van der Waals surface area (Å²) in [6, 6.07) is 10.0. The normalized spacial score (nSPS) is 36.9. The molecule has 1 fully saturated rings. The first kappa shape index (κ1) is 21.5. The van der Waals surface area contributed by atoms with Crippen molar-refractivity contribution in [2.24, 2.45) is 34.5 Å². The van der Waals surface area contributed by atoms with E-state index in [4.69, 9.17) is 0 Å². The van der Waals surface area contributed by atoms with Crippen LogP contribution in [0.2, 0.25) is 0 Å². The molecule has 2 aliphatic rings. The number of hydrogen-bond donors (Lipinski definition) is 1. The second-order valence-electron chi connectivity index (χ2n) is 8.91. The van der Waals surface area contributed by atoms with Gasteiger partial charge in [0.05, 0.1) is 5.41 Å². The van der Waals surface area contributed by atoms with Crippen LogP contribution in [0.3, 0.4) is 0 Å². The molecule has 1 N–H and O–H groups in total. The van der Waals surface area contributed by atoms with E-state index in [1.165, 1.54) is 5.57 Å². The zero-order valence-corrected chi connectivity index (χ0v) is 18.3. The number of carboxylic acids is 1. The molecule has 0 aliphatic heterocycles. The van der Waals surface area contributed by atoms with Crippen LogP contribution in [0.4, 0.5) is 0 Å². The van der Waals surface area contributed by atoms with Gasteiger partial charge in [-0.25, -0.2) is 0 Å². The number of fused-ring (bicyclic) bond motifs is 1. The van der Waals surface area contributed by atoms with Crippen molar-refractivity contribution >= 4 is 17.8 Å². The molecule has 0 heterocycles. The van der Waals surface area contributed by atoms with Crippen LogP contribution in [0, 0.1) is 34.5 Å². The molecule has 156 valence electrons. The van der Waals surface area contributed by atoms with E-state index < -0.39 is 16.8 Å². The monoisotopic (exact) mass is 394 g/mol. The first-order valence-electron chi connectivity index (χ1n) is 11.0. The van der Waals surface area contributed by atoms with E-state index in [-0.39, 0.29) is 29.5 Å². The lowest BCUT2D eigenvalue weighted by Crippen LogP contribution is -2.56. The van der Waals surface area contributed by atoms with Crippen molar-refractivity contribution in [2.75, 3.05) is 0 Å². The molecule has 3 rings (SSSR count). The number of benzene rings is 1. The van der Waals surface area contributed by atoms with Crippen LogP contribution in [0.25, 0.3) is 6.08 Å². The minimum Gasteiger partial charge on any atom is -0.481 e. The highest BCUT2D eigenvalue weighted by atomic mass is 16.4. The number of carbonyl (C=O) groups excluding carboxylic acids is 1. The SMILES string of the molecule is CC[C@@H]1C(=O)[C@@H](C)[C@H]2[C@H]1C(C)=C[C@@](C=Cc1ccccc1)(CC)[C@]2(CC)C(=O)O. The van der Waals surface area contributed by atoms with E-state index >= 15 is 0 Å². The molecular formula is C26H34O3. The van der Waals surface area contributed by atoms with E-state index in [1.54, 1.807) is 0 Å². The molecule has 0 bridgehead atoms. The van der Waals surface area contributed by atoms with Crippen LogP contribution in [0.5, 0.6) is 0 Å². The highest BCUT2D eigenvalue weighted by molar-refractivity contribution is 5.90. The number of Topliss-reactive ketones (excluding diaryl/α,β-unsaturated/α-hetero) is 1. The van der Waals surface area contributed by atoms with Crippen molar-refractivity contribution in [3.05, 3.63) is 53.6 Å². The Hall–Kier alpha value is -2.16. The predicted molar refractivity (Wildman–Crippen MR) is 117 cm³/mol. The smallest absolute Gasteiger partial charge is 0.311 e. The molecule has 2 aliphatic carbocycles. The summed E-state index contributed by atoms with van der Waals surface area (Å²) in [4.78, 5) is 26.1. The molecule has 1 aromatic carbocycles. The van der Waals surface area contributed by atoms with Crippen molar-refractivity contribution in [3.8, 4) is 0 Å². The average Bonchev–Trinajstić information content (AvgIpc) is 2.98. The number of allylic oxidation sites excluding steroid dienone is 3. The van der Waals surface area contributed by atoms with Gasteiger partial charge in [0.1, 0.15) is 5.78 Å². The standard InChI is InChI=1S/C26H34O3/c1-6-20-21-17(4)16-25(7-2,15-14-19-12-10-9-11-13-19)26(8-3,24(28)29)22(21)18(5)23(20)27/h9-16,18,20-22H,6-8H2,1-5H3,(H,28,29)/t18-,20-,21-,22-,25-,26-/m0/s1. The maximum Gasteiger partial charge on any atom is 0.311 e. The van der Waals surface area contributed by atoms with E-state index in [1.807, 2.05) is 44.2 Å². The lowest BCUT2D eigenvalue weighted by molar-refractivity contribution is -0.165. The Labute approximate surface area is 174 Å². The summed E-state index contributed by atoms with van der Waals surface area (Å²) in [5.41, 5.74) is 0.637. The van der Waals surface area contributed by atoms with E-state index in [2.05, 4.69) is 39.0 Å². The Morgan fingerprint density at radius 1 is 1.14 bits per heavy atom. The van der Waals surface area contributed by atoms with Crippen LogP contribution >= 0.6 is 0 Å². The molecule has 0 amide bonds. The molecule has 3 nitrogen and oxygen atoms in total. The number of carboxylic acid groups (broad SMARTS) is 1. The van der Waals surface area contributed by atoms with E-state index in [9.17, 15) is 14.7 Å². The number of hydrogen-bond acceptors (Lipinski definition) is 2. The Morgan fingerprint density at radius 2 is 1.79 bits per heavy atom. The van der Waals surface area contributed by atoms with Crippen LogP contribution in [-0.2, 0) is 9.59 Å². The van der Waals surface area contributed by atoms with Gasteiger partial charge in [0.15, 0.2) is 0 Å². The number of rotatable bonds is 6. The molecule has 3 heteroatoms. The fraction of sp³-hybridized carbons (Fsp3) is 0.538. The molecule has 1 aromatic rings. The Balaban J connectivity index is 2.26. The van der Waals surface area contributed by atoms with Crippen molar-refractivity contribution in [2.45, 2.75) is 53.9 Å². The van der Waals surface area contributed by atoms with Crippen LogP contribution in [0.1, 0.15) is 59.4 Å². The van der Waals surface area contributed by atoms with Gasteiger partial charge in [-0.3, -0.25) is 9.59 Å². The Bertz CT molecular complexity index is 837. The molecular weight excluding hydrogens is 360 g/mol. The third-order valence-electron chi connectivity index (χ3n) is 7.92. The van der Waals surface area contributed by atoms with Gasteiger partial charge in [-0.05, 0) is 43.6 Å². The maximum atomic E-state index is 13.1. The summed E-state index contributed by atoms with van der Waals surface area (Å²) < 4.78 is 0. The number of carbonyl (C=O) groups is 2. The van der Waals surface area contributed by atoms with E-state index in [0.717, 1.165) is 12.0 Å². The van der Waals surface area contributed by atoms with Gasteiger partial charge in [0.2, 0.25) is 0 Å². The molecule has 0 aromatic heterocycles. The third kappa shape index (κ3) is 3.01. The first-order chi connectivity index (χ1) is 13.8. The Morgan fingerprint density at radius 3 is 2.31 bits per heavy atom. The minimum absolute atomic E-state index is 0.0309. The second kappa shape index (κ2) is 7.93. The lowest BCUT2D eigenvalue weighted by atomic mass is 9.47. The van der Waals surface area contributed by atoms with E-state index in [0.29, 0.717) is 12.8 Å². The van der Waals surface area contributed by atoms with Crippen LogP contribution < -0.4 is 0 Å². The number of aliphatic carboxylic acids is 1. The van der Waals surface area contributed by atoms with Gasteiger partial charge < -0.3 is 5.11 Å². The summed E-state index contributed by atoms with van der Waals surface area (Å²) >= 11 is 0. The first-order valence-corrected chi connectivity index (χ1v) is 11.0. The van der Waals surface area contributed by atoms with Gasteiger partial charge in [-0.15, -0.1) is 0 Å². The fourth-order valence-electron chi connectivity index (χ4n) is 6.58. The largest absolute Gasteiger partial charge is 0.481 e. The Kier molecular flexibility index (Phi) is 5.89. The molecule has 0 saturated heterocycles. The zero-order valence-electron chi connectivity index (χ0n) is 18.3. The molecule has 6 atom stereocenters. The molecule has 0 spiro atoms. The summed E-state index contributed by atoms with van der Waals surface area (Å²) in [6.45, 7) is 10.2. The topological polar surface area (TPSA) is 54.4 Å². The van der Waals surface area contributed by atoms with Crippen molar-refractivity contribution in [1.82, 2.24) is 0 Å². The fourth-order valence-corrected chi connectivity index (χ4v) is 6.58. The lowest BCUT2D eigenvalue weighted by Gasteiger charge is -2.54. The second-order valence-corrected chi connectivity index (χ2v) is 8.91. The van der Waals surface area contributed by atoms with Gasteiger partial charge in [-0.2, -0.15) is 0 Å². The number of ketones is 1. The maximum absolute atomic E-state index is 13.1. The van der Waals surface area contributed by atoms with Crippen LogP contribution in [-0.4, -0.2) is 16.9 Å². The van der Waals surface area contributed by atoms with Gasteiger partial charge in [-0.1, -0.05) is 81.8 Å². The molecule has 1 saturated carbocycles. The minimum atomic E-state index is -0.990. The highest BCUT2D eigenvalue weighted by Crippen LogP contribution is 2.65. The van der Waals surface area contributed by atoms with Crippen LogP contribution in [0.15, 0.2) is 48.1 Å². The van der Waals surface area contributed by atoms with Gasteiger partial charge in [0, 0.05) is 17.3 Å². The summed E-state index contributed by atoms with van der Waals surface area (Å²) in [6.07, 6.45) is 8.33. The van der Waals surface area contributed by atoms with Crippen molar-refractivity contribution in [3.63, 3.8) is 0 Å². The summed E-state index contributed by atoms with van der Waals surface area (Å²) in [7, 11) is 0. The van der Waals surface area contributed by atoms with Crippen molar-refractivity contribution < 1.29 is 14.7 Å². The third-order valence-corrected chi connectivity index (χ3v) is 7.92. The average molecular weight is 395 g/mol. The molecule has 0 radical (unpaired) electrons. The highest BCUT2D eigenvalue weighted by Gasteiger charge is 2.67. The quantitative estimate of drug-likeness (QED) is 0.601.